The summed E-state index contributed by atoms with van der Waals surface area (Å²) in [5, 5.41) is 2.81. The van der Waals surface area contributed by atoms with Crippen molar-refractivity contribution in [2.24, 2.45) is 0 Å². The van der Waals surface area contributed by atoms with E-state index in [4.69, 9.17) is 5.73 Å². The molecule has 1 saturated heterocycles. The van der Waals surface area contributed by atoms with Gasteiger partial charge in [-0.2, -0.15) is 4.98 Å². The number of carbonyl (C=O) groups excluding carboxylic acids is 1. The number of carbonyl (C=O) groups is 1. The van der Waals surface area contributed by atoms with Gasteiger partial charge in [-0.25, -0.2) is 9.78 Å². The van der Waals surface area contributed by atoms with Gasteiger partial charge in [-0.1, -0.05) is 0 Å². The summed E-state index contributed by atoms with van der Waals surface area (Å²) in [6.45, 7) is 7.99. The number of likely N-dealkylation sites (N-methyl/N-ethyl adjacent to an activating group) is 1. The van der Waals surface area contributed by atoms with Crippen molar-refractivity contribution in [3.8, 4) is 0 Å². The number of rotatable bonds is 4. The van der Waals surface area contributed by atoms with Gasteiger partial charge < -0.3 is 20.9 Å². The summed E-state index contributed by atoms with van der Waals surface area (Å²) in [6, 6.07) is 7.23. The van der Waals surface area contributed by atoms with Crippen LogP contribution in [0.4, 0.5) is 27.9 Å². The van der Waals surface area contributed by atoms with Crippen molar-refractivity contribution in [1.82, 2.24) is 20.3 Å². The zero-order valence-corrected chi connectivity index (χ0v) is 15.9. The zero-order valence-electron chi connectivity index (χ0n) is 15.9. The van der Waals surface area contributed by atoms with E-state index >= 15 is 0 Å². The summed E-state index contributed by atoms with van der Waals surface area (Å²) >= 11 is 0. The number of hydrogen-bond acceptors (Lipinski definition) is 7. The highest BCUT2D eigenvalue weighted by Crippen LogP contribution is 2.24. The molecule has 1 aromatic heterocycles. The Balaban J connectivity index is 1.57. The molecular weight excluding hydrogens is 344 g/mol. The molecule has 3 rings (SSSR count). The van der Waals surface area contributed by atoms with Crippen LogP contribution in [0, 0.1) is 13.8 Å². The van der Waals surface area contributed by atoms with E-state index in [1.54, 1.807) is 13.0 Å². The molecule has 0 unspecified atom stereocenters. The lowest BCUT2D eigenvalue weighted by molar-refractivity contribution is 0.254. The van der Waals surface area contributed by atoms with E-state index in [-0.39, 0.29) is 5.95 Å². The summed E-state index contributed by atoms with van der Waals surface area (Å²) in [5.41, 5.74) is 14.6. The molecule has 5 N–H and O–H groups in total. The standard InChI is InChI=1S/C18H26N8O/c1-12-10-14(4-5-15(12)26-8-6-25(3)7-9-26)21-18(27)24-23-16-11-13(2)20-17(19)22-16/h4-5,10-11H,6-9H2,1-3H3,(H2,21,24,27)(H3,19,20,22,23). The molecule has 9 nitrogen and oxygen atoms in total. The molecule has 1 fully saturated rings. The second-order valence-electron chi connectivity index (χ2n) is 6.75. The summed E-state index contributed by atoms with van der Waals surface area (Å²) in [4.78, 5) is 24.8. The van der Waals surface area contributed by atoms with E-state index in [9.17, 15) is 4.79 Å². The predicted octanol–water partition coefficient (Wildman–Crippen LogP) is 1.58. The van der Waals surface area contributed by atoms with Crippen molar-refractivity contribution in [2.75, 3.05) is 54.6 Å². The lowest BCUT2D eigenvalue weighted by Crippen LogP contribution is -2.44. The first-order valence-corrected chi connectivity index (χ1v) is 8.89. The van der Waals surface area contributed by atoms with Crippen molar-refractivity contribution in [3.63, 3.8) is 0 Å². The maximum absolute atomic E-state index is 12.1. The number of nitrogens with two attached hydrogens (primary N) is 1. The second-order valence-corrected chi connectivity index (χ2v) is 6.75. The molecule has 0 spiro atoms. The first kappa shape index (κ1) is 18.7. The predicted molar refractivity (Wildman–Crippen MR) is 108 cm³/mol. The Morgan fingerprint density at radius 1 is 1.11 bits per heavy atom. The van der Waals surface area contributed by atoms with Gasteiger partial charge in [-0.3, -0.25) is 10.9 Å². The molecule has 0 radical (unpaired) electrons. The Morgan fingerprint density at radius 3 is 2.52 bits per heavy atom. The maximum Gasteiger partial charge on any atom is 0.337 e. The van der Waals surface area contributed by atoms with Crippen molar-refractivity contribution in [2.45, 2.75) is 13.8 Å². The van der Waals surface area contributed by atoms with Gasteiger partial charge in [0.25, 0.3) is 0 Å². The molecular formula is C18H26N8O. The lowest BCUT2D eigenvalue weighted by atomic mass is 10.1. The molecule has 0 bridgehead atoms. The molecule has 0 saturated carbocycles. The second kappa shape index (κ2) is 8.09. The number of nitrogen functional groups attached to an aromatic ring is 1. The van der Waals surface area contributed by atoms with Crippen molar-refractivity contribution >= 4 is 29.2 Å². The summed E-state index contributed by atoms with van der Waals surface area (Å²) in [6.07, 6.45) is 0. The number of nitrogens with zero attached hydrogens (tertiary/aromatic N) is 4. The Kier molecular flexibility index (Phi) is 5.60. The van der Waals surface area contributed by atoms with Crippen LogP contribution in [-0.2, 0) is 0 Å². The van der Waals surface area contributed by atoms with Crippen molar-refractivity contribution in [3.05, 3.63) is 35.5 Å². The van der Waals surface area contributed by atoms with Gasteiger partial charge in [0, 0.05) is 49.3 Å². The molecule has 1 aliphatic heterocycles. The Hall–Kier alpha value is -3.07. The number of benzene rings is 1. The normalized spacial score (nSPS) is 14.7. The van der Waals surface area contributed by atoms with Gasteiger partial charge in [0.2, 0.25) is 5.95 Å². The molecule has 144 valence electrons. The zero-order chi connectivity index (χ0) is 19.4. The van der Waals surface area contributed by atoms with E-state index in [2.05, 4.69) is 56.0 Å². The SMILES string of the molecule is Cc1cc(NNC(=O)Nc2ccc(N3CCN(C)CC3)c(C)c2)nc(N)n1. The summed E-state index contributed by atoms with van der Waals surface area (Å²) < 4.78 is 0. The van der Waals surface area contributed by atoms with Gasteiger partial charge in [0.1, 0.15) is 5.82 Å². The molecule has 2 heterocycles. The smallest absolute Gasteiger partial charge is 0.337 e. The molecule has 2 aromatic rings. The highest BCUT2D eigenvalue weighted by molar-refractivity contribution is 5.90. The topological polar surface area (TPSA) is 111 Å². The minimum Gasteiger partial charge on any atom is -0.369 e. The van der Waals surface area contributed by atoms with Crippen LogP contribution in [0.15, 0.2) is 24.3 Å². The Bertz CT molecular complexity index is 797. The number of aryl methyl sites for hydroxylation is 2. The maximum atomic E-state index is 12.1. The number of piperazine rings is 1. The van der Waals surface area contributed by atoms with Crippen molar-refractivity contribution < 1.29 is 4.79 Å². The molecule has 2 amide bonds. The highest BCUT2D eigenvalue weighted by atomic mass is 16.2. The molecule has 9 heteroatoms. The fraction of sp³-hybridized carbons (Fsp3) is 0.389. The Morgan fingerprint density at radius 2 is 1.85 bits per heavy atom. The number of nitrogens with one attached hydrogen (secondary N) is 3. The quantitative estimate of drug-likeness (QED) is 0.605. The van der Waals surface area contributed by atoms with E-state index in [0.717, 1.165) is 37.4 Å². The summed E-state index contributed by atoms with van der Waals surface area (Å²) in [5.74, 6) is 0.576. The fourth-order valence-electron chi connectivity index (χ4n) is 3.07. The van der Waals surface area contributed by atoms with Gasteiger partial charge in [-0.05, 0) is 44.7 Å². The van der Waals surface area contributed by atoms with Crippen LogP contribution in [0.2, 0.25) is 0 Å². The monoisotopic (exact) mass is 370 g/mol. The number of anilines is 4. The van der Waals surface area contributed by atoms with Gasteiger partial charge >= 0.3 is 6.03 Å². The van der Waals surface area contributed by atoms with Crippen molar-refractivity contribution in [1.29, 1.82) is 0 Å². The van der Waals surface area contributed by atoms with Crippen LogP contribution < -0.4 is 26.8 Å². The van der Waals surface area contributed by atoms with Crippen LogP contribution in [0.3, 0.4) is 0 Å². The number of urea groups is 1. The molecule has 1 aliphatic rings. The largest absolute Gasteiger partial charge is 0.369 e. The Labute approximate surface area is 158 Å². The van der Waals surface area contributed by atoms with E-state index in [1.807, 2.05) is 12.1 Å². The molecule has 0 aliphatic carbocycles. The number of hydrogen-bond donors (Lipinski definition) is 4. The van der Waals surface area contributed by atoms with E-state index in [0.29, 0.717) is 11.5 Å². The van der Waals surface area contributed by atoms with Crippen LogP contribution in [0.25, 0.3) is 0 Å². The van der Waals surface area contributed by atoms with Gasteiger partial charge in [-0.15, -0.1) is 0 Å². The number of hydrazine groups is 1. The third-order valence-corrected chi connectivity index (χ3v) is 4.47. The van der Waals surface area contributed by atoms with Crippen LogP contribution in [0.5, 0.6) is 0 Å². The third kappa shape index (κ3) is 4.98. The average Bonchev–Trinajstić information content (AvgIpc) is 2.60. The van der Waals surface area contributed by atoms with Crippen LogP contribution in [0.1, 0.15) is 11.3 Å². The van der Waals surface area contributed by atoms with E-state index < -0.39 is 6.03 Å². The van der Waals surface area contributed by atoms with Gasteiger partial charge in [0.05, 0.1) is 0 Å². The minimum atomic E-state index is -0.392. The minimum absolute atomic E-state index is 0.148. The first-order valence-electron chi connectivity index (χ1n) is 8.89. The molecule has 27 heavy (non-hydrogen) atoms. The third-order valence-electron chi connectivity index (χ3n) is 4.47. The highest BCUT2D eigenvalue weighted by Gasteiger charge is 2.16. The fourth-order valence-corrected chi connectivity index (χ4v) is 3.07. The lowest BCUT2D eigenvalue weighted by Gasteiger charge is -2.35. The first-order chi connectivity index (χ1) is 12.9. The molecule has 1 aromatic carbocycles. The van der Waals surface area contributed by atoms with Gasteiger partial charge in [0.15, 0.2) is 0 Å². The van der Waals surface area contributed by atoms with E-state index in [1.165, 1.54) is 5.69 Å². The summed E-state index contributed by atoms with van der Waals surface area (Å²) in [7, 11) is 2.14. The van der Waals surface area contributed by atoms with Crippen LogP contribution >= 0.6 is 0 Å². The average molecular weight is 370 g/mol. The number of aromatic nitrogens is 2. The molecule has 0 atom stereocenters. The number of amides is 2. The van der Waals surface area contributed by atoms with Crippen LogP contribution in [-0.4, -0.2) is 54.1 Å².